The van der Waals surface area contributed by atoms with Gasteiger partial charge in [-0.3, -0.25) is 0 Å². The van der Waals surface area contributed by atoms with Crippen LogP contribution in [-0.2, 0) is 0 Å². The topological polar surface area (TPSA) is 26.0 Å². The van der Waals surface area contributed by atoms with Crippen molar-refractivity contribution in [1.82, 2.24) is 0 Å². The van der Waals surface area contributed by atoms with Crippen LogP contribution in [0, 0.1) is 0 Å². The maximum absolute atomic E-state index is 6.04. The van der Waals surface area contributed by atoms with Gasteiger partial charge >= 0.3 is 0 Å². The summed E-state index contributed by atoms with van der Waals surface area (Å²) in [7, 11) is 0. The third kappa shape index (κ3) is 5.19. The van der Waals surface area contributed by atoms with E-state index >= 15 is 0 Å². The summed E-state index contributed by atoms with van der Waals surface area (Å²) in [5.41, 5.74) is 7.28. The van der Waals surface area contributed by atoms with Gasteiger partial charge in [-0.2, -0.15) is 0 Å². The monoisotopic (exact) mass is 299 g/mol. The molecule has 0 spiro atoms. The maximum Gasteiger partial charge on any atom is 0.0176 e. The van der Waals surface area contributed by atoms with Crippen molar-refractivity contribution in [2.24, 2.45) is 5.73 Å². The van der Waals surface area contributed by atoms with Gasteiger partial charge in [-0.05, 0) is 37.1 Å². The normalized spacial score (nSPS) is 12.4. The molecule has 1 rings (SSSR count). The maximum atomic E-state index is 6.04. The molecule has 0 radical (unpaired) electrons. The Morgan fingerprint density at radius 2 is 2.06 bits per heavy atom. The van der Waals surface area contributed by atoms with Gasteiger partial charge in [0.2, 0.25) is 0 Å². The molecule has 0 saturated heterocycles. The number of nitrogens with two attached hydrogens (primary N) is 1. The Hall–Kier alpha value is -0.250. The van der Waals surface area contributed by atoms with Gasteiger partial charge in [-0.25, -0.2) is 0 Å². The summed E-state index contributed by atoms with van der Waals surface area (Å²) < 4.78 is 1.11. The number of hydrogen-bond donors (Lipinski definition) is 1. The lowest BCUT2D eigenvalue weighted by molar-refractivity contribution is 0.726. The predicted molar refractivity (Wildman–Crippen MR) is 76.9 cm³/mol. The van der Waals surface area contributed by atoms with Crippen molar-refractivity contribution in [3.8, 4) is 0 Å². The molecule has 0 aliphatic heterocycles. The van der Waals surface area contributed by atoms with E-state index in [0.717, 1.165) is 23.1 Å². The van der Waals surface area contributed by atoms with Crippen molar-refractivity contribution < 1.29 is 0 Å². The summed E-state index contributed by atoms with van der Waals surface area (Å²) in [5, 5.41) is 0. The van der Waals surface area contributed by atoms with Gasteiger partial charge < -0.3 is 5.73 Å². The smallest absolute Gasteiger partial charge is 0.0176 e. The first-order valence-corrected chi connectivity index (χ1v) is 7.20. The van der Waals surface area contributed by atoms with Crippen LogP contribution < -0.4 is 5.73 Å². The van der Waals surface area contributed by atoms with Gasteiger partial charge in [-0.1, -0.05) is 35.0 Å². The molecular weight excluding hydrogens is 282 g/mol. The highest BCUT2D eigenvalue weighted by Gasteiger charge is 2.04. The fourth-order valence-electron chi connectivity index (χ4n) is 1.31. The molecule has 0 aliphatic rings. The molecule has 0 aromatic heterocycles. The minimum absolute atomic E-state index is 0.209. The average molecular weight is 300 g/mol. The van der Waals surface area contributed by atoms with E-state index in [2.05, 4.69) is 53.7 Å². The van der Waals surface area contributed by atoms with E-state index in [-0.39, 0.29) is 6.04 Å². The largest absolute Gasteiger partial charge is 0.327 e. The summed E-state index contributed by atoms with van der Waals surface area (Å²) in [5.74, 6) is 0.945. The minimum Gasteiger partial charge on any atom is -0.327 e. The predicted octanol–water partition coefficient (Wildman–Crippen LogP) is 4.22. The molecule has 0 amide bonds. The summed E-state index contributed by atoms with van der Waals surface area (Å²) in [4.78, 5) is 1.26. The lowest BCUT2D eigenvalue weighted by atomic mass is 10.1. The van der Waals surface area contributed by atoms with Crippen LogP contribution in [0.4, 0.5) is 0 Å². The Balaban J connectivity index is 2.34. The summed E-state index contributed by atoms with van der Waals surface area (Å²) in [6, 6.07) is 8.53. The van der Waals surface area contributed by atoms with E-state index < -0.39 is 0 Å². The Morgan fingerprint density at radius 3 is 2.62 bits per heavy atom. The summed E-state index contributed by atoms with van der Waals surface area (Å²) in [6.45, 7) is 6.11. The van der Waals surface area contributed by atoms with Crippen LogP contribution in [0.3, 0.4) is 0 Å². The van der Waals surface area contributed by atoms with Gasteiger partial charge in [0, 0.05) is 21.2 Å². The molecule has 2 N–H and O–H groups in total. The molecule has 88 valence electrons. The van der Waals surface area contributed by atoms with E-state index in [1.807, 2.05) is 0 Å². The van der Waals surface area contributed by atoms with E-state index in [9.17, 15) is 0 Å². The summed E-state index contributed by atoms with van der Waals surface area (Å²) >= 11 is 5.22. The molecule has 1 aromatic carbocycles. The highest BCUT2D eigenvalue weighted by molar-refractivity contribution is 9.10. The third-order valence-electron chi connectivity index (χ3n) is 2.33. The lowest BCUT2D eigenvalue weighted by Gasteiger charge is -2.12. The Kier molecular flexibility index (Phi) is 6.17. The van der Waals surface area contributed by atoms with Crippen LogP contribution in [0.5, 0.6) is 0 Å². The Morgan fingerprint density at radius 1 is 1.44 bits per heavy atom. The van der Waals surface area contributed by atoms with Crippen molar-refractivity contribution in [3.05, 3.63) is 40.9 Å². The van der Waals surface area contributed by atoms with E-state index in [1.165, 1.54) is 10.5 Å². The summed E-state index contributed by atoms with van der Waals surface area (Å²) in [6.07, 6.45) is 1.96. The first kappa shape index (κ1) is 13.8. The molecule has 0 aliphatic carbocycles. The van der Waals surface area contributed by atoms with Gasteiger partial charge in [0.25, 0.3) is 0 Å². The van der Waals surface area contributed by atoms with Gasteiger partial charge in [0.1, 0.15) is 0 Å². The molecule has 0 fully saturated rings. The minimum atomic E-state index is 0.209. The van der Waals surface area contributed by atoms with Crippen LogP contribution in [0.1, 0.15) is 19.8 Å². The zero-order valence-corrected chi connectivity index (χ0v) is 12.0. The molecule has 0 heterocycles. The van der Waals surface area contributed by atoms with Crippen molar-refractivity contribution in [2.75, 3.05) is 5.75 Å². The van der Waals surface area contributed by atoms with E-state index in [0.29, 0.717) is 0 Å². The quantitative estimate of drug-likeness (QED) is 0.628. The van der Waals surface area contributed by atoms with Crippen molar-refractivity contribution >= 4 is 27.7 Å². The molecule has 3 heteroatoms. The second-order valence-corrected chi connectivity index (χ2v) is 5.84. The SMILES string of the molecule is C=C(CC)CC(N)CSc1ccc(Br)cc1. The van der Waals surface area contributed by atoms with Crippen molar-refractivity contribution in [3.63, 3.8) is 0 Å². The van der Waals surface area contributed by atoms with Crippen LogP contribution in [-0.4, -0.2) is 11.8 Å². The highest BCUT2D eigenvalue weighted by Crippen LogP contribution is 2.22. The number of hydrogen-bond acceptors (Lipinski definition) is 2. The molecule has 0 saturated carbocycles. The Bertz CT molecular complexity index is 334. The second-order valence-electron chi connectivity index (χ2n) is 3.83. The standard InChI is InChI=1S/C13H18BrNS/c1-3-10(2)8-12(15)9-16-13-6-4-11(14)5-7-13/h4-7,12H,2-3,8-9,15H2,1H3. The highest BCUT2D eigenvalue weighted by atomic mass is 79.9. The number of thioether (sulfide) groups is 1. The molecule has 16 heavy (non-hydrogen) atoms. The molecule has 1 unspecified atom stereocenters. The van der Waals surface area contributed by atoms with Gasteiger partial charge in [-0.15, -0.1) is 11.8 Å². The first-order valence-electron chi connectivity index (χ1n) is 5.42. The van der Waals surface area contributed by atoms with Crippen molar-refractivity contribution in [2.45, 2.75) is 30.7 Å². The average Bonchev–Trinajstić information content (AvgIpc) is 2.28. The number of halogens is 1. The zero-order chi connectivity index (χ0) is 12.0. The fraction of sp³-hybridized carbons (Fsp3) is 0.385. The number of benzene rings is 1. The van der Waals surface area contributed by atoms with Crippen LogP contribution >= 0.6 is 27.7 Å². The van der Waals surface area contributed by atoms with Crippen molar-refractivity contribution in [1.29, 1.82) is 0 Å². The zero-order valence-electron chi connectivity index (χ0n) is 9.58. The fourth-order valence-corrected chi connectivity index (χ4v) is 2.43. The molecular formula is C13H18BrNS. The van der Waals surface area contributed by atoms with Gasteiger partial charge in [0.05, 0.1) is 0 Å². The molecule has 0 bridgehead atoms. The molecule has 1 aromatic rings. The second kappa shape index (κ2) is 7.15. The van der Waals surface area contributed by atoms with Crippen LogP contribution in [0.25, 0.3) is 0 Å². The lowest BCUT2D eigenvalue weighted by Crippen LogP contribution is -2.23. The molecule has 1 nitrogen and oxygen atoms in total. The first-order chi connectivity index (χ1) is 7.61. The Labute approximate surface area is 111 Å². The van der Waals surface area contributed by atoms with E-state index in [1.54, 1.807) is 11.8 Å². The molecule has 1 atom stereocenters. The van der Waals surface area contributed by atoms with Crippen LogP contribution in [0.15, 0.2) is 45.8 Å². The van der Waals surface area contributed by atoms with Crippen LogP contribution in [0.2, 0.25) is 0 Å². The third-order valence-corrected chi connectivity index (χ3v) is 4.06. The van der Waals surface area contributed by atoms with Gasteiger partial charge in [0.15, 0.2) is 0 Å². The number of rotatable bonds is 6. The van der Waals surface area contributed by atoms with E-state index in [4.69, 9.17) is 5.73 Å².